The van der Waals surface area contributed by atoms with E-state index in [1.165, 1.54) is 18.3 Å². The molecule has 0 fully saturated rings. The van der Waals surface area contributed by atoms with E-state index in [0.717, 1.165) is 17.0 Å². The van der Waals surface area contributed by atoms with Crippen LogP contribution in [0.15, 0.2) is 76.7 Å². The van der Waals surface area contributed by atoms with E-state index in [2.05, 4.69) is 10.2 Å². The van der Waals surface area contributed by atoms with E-state index in [0.29, 0.717) is 39.3 Å². The Labute approximate surface area is 231 Å². The topological polar surface area (TPSA) is 25.8 Å². The fourth-order valence-corrected chi connectivity index (χ4v) is 8.03. The zero-order valence-corrected chi connectivity index (χ0v) is 22.5. The number of halogens is 9. The van der Waals surface area contributed by atoms with Crippen molar-refractivity contribution in [2.45, 2.75) is 53.8 Å². The van der Waals surface area contributed by atoms with Gasteiger partial charge in [-0.2, -0.15) is 55.5 Å². The molecule has 0 aliphatic carbocycles. The quantitative estimate of drug-likeness (QED) is 0.183. The number of nitrogens with zero attached hydrogens (tertiary/aromatic N) is 2. The molecule has 5 rings (SSSR count). The van der Waals surface area contributed by atoms with Crippen LogP contribution in [0.1, 0.15) is 37.5 Å². The van der Waals surface area contributed by atoms with Gasteiger partial charge in [0.1, 0.15) is 5.69 Å². The van der Waals surface area contributed by atoms with Crippen molar-refractivity contribution in [3.8, 4) is 33.5 Å². The summed E-state index contributed by atoms with van der Waals surface area (Å²) in [4.78, 5) is 1.27. The summed E-state index contributed by atoms with van der Waals surface area (Å²) < 4.78 is 120. The SMILES string of the molecule is CC(C)(C)[SH]1c2cc(-c3ccc(C(F)(F)F)cc3)ccc2-c2cnnc(-c3cc(C(F)(F)F)cc(C(F)(F)F)c3)c21. The maximum Gasteiger partial charge on any atom is 0.416 e. The summed E-state index contributed by atoms with van der Waals surface area (Å²) >= 11 is 0. The van der Waals surface area contributed by atoms with E-state index in [-0.39, 0.29) is 17.3 Å². The van der Waals surface area contributed by atoms with Crippen molar-refractivity contribution in [2.75, 3.05) is 0 Å². The molecular formula is C29H21F9N2S. The van der Waals surface area contributed by atoms with Crippen molar-refractivity contribution in [1.82, 2.24) is 10.2 Å². The van der Waals surface area contributed by atoms with Gasteiger partial charge in [0.05, 0.1) is 22.9 Å². The summed E-state index contributed by atoms with van der Waals surface area (Å²) in [5.74, 6) is 0. The Bertz CT molecular complexity index is 1600. The minimum atomic E-state index is -5.03. The van der Waals surface area contributed by atoms with E-state index >= 15 is 0 Å². The van der Waals surface area contributed by atoms with E-state index in [9.17, 15) is 39.5 Å². The first kappa shape index (κ1) is 29.0. The fraction of sp³-hybridized carbons (Fsp3) is 0.241. The molecule has 2 heterocycles. The van der Waals surface area contributed by atoms with Gasteiger partial charge in [0, 0.05) is 20.9 Å². The Balaban J connectivity index is 1.70. The van der Waals surface area contributed by atoms with Gasteiger partial charge >= 0.3 is 18.5 Å². The van der Waals surface area contributed by atoms with Crippen LogP contribution in [0, 0.1) is 0 Å². The van der Waals surface area contributed by atoms with Crippen LogP contribution in [-0.2, 0) is 18.5 Å². The Morgan fingerprint density at radius 1 is 0.561 bits per heavy atom. The maximum atomic E-state index is 13.6. The molecule has 1 aliphatic rings. The Morgan fingerprint density at radius 3 is 1.61 bits per heavy atom. The Kier molecular flexibility index (Phi) is 6.71. The lowest BCUT2D eigenvalue weighted by atomic mass is 9.98. The van der Waals surface area contributed by atoms with Crippen LogP contribution in [0.3, 0.4) is 0 Å². The van der Waals surface area contributed by atoms with Gasteiger partial charge in [-0.15, -0.1) is 5.10 Å². The van der Waals surface area contributed by atoms with Crippen LogP contribution in [0.2, 0.25) is 0 Å². The standard InChI is InChI=1S/C29H21F9N2S/c1-26(2,3)41-23-12-16(15-4-7-18(8-5-15)27(30,31)32)6-9-21(23)22-14-39-40-24(25(22)41)17-10-19(28(33,34)35)13-20(11-17)29(36,37)38/h4-14,41H,1-3H3. The van der Waals surface area contributed by atoms with Crippen LogP contribution in [0.4, 0.5) is 39.5 Å². The molecule has 1 aliphatic heterocycles. The molecule has 1 unspecified atom stereocenters. The van der Waals surface area contributed by atoms with Crippen LogP contribution in [0.25, 0.3) is 33.5 Å². The number of rotatable bonds is 2. The molecule has 0 saturated carbocycles. The van der Waals surface area contributed by atoms with Crippen LogP contribution < -0.4 is 0 Å². The molecule has 0 saturated heterocycles. The molecule has 12 heteroatoms. The minimum Gasteiger partial charge on any atom is -0.192 e. The average molecular weight is 601 g/mol. The second-order valence-corrected chi connectivity index (χ2v) is 13.5. The summed E-state index contributed by atoms with van der Waals surface area (Å²) in [5, 5.41) is 7.99. The van der Waals surface area contributed by atoms with E-state index in [1.54, 1.807) is 12.1 Å². The lowest BCUT2D eigenvalue weighted by Crippen LogP contribution is -2.15. The zero-order chi connectivity index (χ0) is 30.1. The van der Waals surface area contributed by atoms with Gasteiger partial charge in [-0.3, -0.25) is 0 Å². The number of thiol groups is 1. The lowest BCUT2D eigenvalue weighted by molar-refractivity contribution is -0.143. The first-order valence-electron chi connectivity index (χ1n) is 12.1. The third-order valence-corrected chi connectivity index (χ3v) is 9.75. The zero-order valence-electron chi connectivity index (χ0n) is 21.6. The second kappa shape index (κ2) is 9.50. The number of hydrogen-bond acceptors (Lipinski definition) is 2. The van der Waals surface area contributed by atoms with E-state index in [1.807, 2.05) is 26.8 Å². The average Bonchev–Trinajstić information content (AvgIpc) is 3.21. The second-order valence-electron chi connectivity index (χ2n) is 10.6. The minimum absolute atomic E-state index is 0.0672. The normalized spacial score (nSPS) is 16.4. The fourth-order valence-electron chi connectivity index (χ4n) is 4.88. The molecule has 0 bridgehead atoms. The highest BCUT2D eigenvalue weighted by molar-refractivity contribution is 8.18. The number of alkyl halides is 9. The molecule has 0 radical (unpaired) electrons. The van der Waals surface area contributed by atoms with Crippen molar-refractivity contribution in [3.63, 3.8) is 0 Å². The van der Waals surface area contributed by atoms with Crippen molar-refractivity contribution < 1.29 is 39.5 Å². The molecule has 0 amide bonds. The molecule has 2 nitrogen and oxygen atoms in total. The van der Waals surface area contributed by atoms with E-state index < -0.39 is 50.9 Å². The van der Waals surface area contributed by atoms with Crippen molar-refractivity contribution in [2.24, 2.45) is 0 Å². The molecule has 0 N–H and O–H groups in total. The predicted octanol–water partition coefficient (Wildman–Crippen LogP) is 10.1. The number of benzene rings is 3. The monoisotopic (exact) mass is 600 g/mol. The van der Waals surface area contributed by atoms with Crippen LogP contribution >= 0.6 is 10.9 Å². The Hall–Kier alpha value is -3.54. The molecule has 0 spiro atoms. The molecule has 41 heavy (non-hydrogen) atoms. The third-order valence-electron chi connectivity index (χ3n) is 6.65. The highest BCUT2D eigenvalue weighted by Gasteiger charge is 2.40. The summed E-state index contributed by atoms with van der Waals surface area (Å²) in [7, 11) is -1.41. The number of fused-ring (bicyclic) bond motifs is 3. The first-order valence-corrected chi connectivity index (χ1v) is 13.5. The van der Waals surface area contributed by atoms with Crippen molar-refractivity contribution in [1.29, 1.82) is 0 Å². The van der Waals surface area contributed by atoms with Crippen molar-refractivity contribution >= 4 is 10.9 Å². The summed E-state index contributed by atoms with van der Waals surface area (Å²) in [6, 6.07) is 11.3. The lowest BCUT2D eigenvalue weighted by Gasteiger charge is -2.34. The molecule has 1 atom stereocenters. The summed E-state index contributed by atoms with van der Waals surface area (Å²) in [5.41, 5.74) is -1.78. The van der Waals surface area contributed by atoms with Crippen molar-refractivity contribution in [3.05, 3.63) is 83.6 Å². The highest BCUT2D eigenvalue weighted by atomic mass is 32.2. The Morgan fingerprint density at radius 2 is 1.10 bits per heavy atom. The molecular weight excluding hydrogens is 579 g/mol. The summed E-state index contributed by atoms with van der Waals surface area (Å²) in [6.45, 7) is 5.71. The van der Waals surface area contributed by atoms with Gasteiger partial charge in [0.25, 0.3) is 0 Å². The van der Waals surface area contributed by atoms with Crippen LogP contribution in [-0.4, -0.2) is 14.9 Å². The smallest absolute Gasteiger partial charge is 0.192 e. The summed E-state index contributed by atoms with van der Waals surface area (Å²) in [6.07, 6.45) is -13.1. The van der Waals surface area contributed by atoms with Gasteiger partial charge in [0.2, 0.25) is 0 Å². The molecule has 4 aromatic rings. The largest absolute Gasteiger partial charge is 0.416 e. The first-order chi connectivity index (χ1) is 18.9. The van der Waals surface area contributed by atoms with Gasteiger partial charge < -0.3 is 0 Å². The van der Waals surface area contributed by atoms with Gasteiger partial charge in [-0.25, -0.2) is 0 Å². The maximum absolute atomic E-state index is 13.6. The predicted molar refractivity (Wildman–Crippen MR) is 139 cm³/mol. The van der Waals surface area contributed by atoms with Gasteiger partial charge in [-0.05, 0) is 57.8 Å². The highest BCUT2D eigenvalue weighted by Crippen LogP contribution is 2.66. The number of hydrogen-bond donors (Lipinski definition) is 1. The molecule has 3 aromatic carbocycles. The third kappa shape index (κ3) is 5.41. The molecule has 216 valence electrons. The molecule has 1 aromatic heterocycles. The van der Waals surface area contributed by atoms with E-state index in [4.69, 9.17) is 0 Å². The van der Waals surface area contributed by atoms with Gasteiger partial charge in [-0.1, -0.05) is 45.0 Å². The van der Waals surface area contributed by atoms with Crippen LogP contribution in [0.5, 0.6) is 0 Å². The number of aromatic nitrogens is 2. The van der Waals surface area contributed by atoms with Gasteiger partial charge in [0.15, 0.2) is 0 Å².